The van der Waals surface area contributed by atoms with Crippen LogP contribution >= 0.6 is 0 Å². The molecule has 0 N–H and O–H groups in total. The van der Waals surface area contributed by atoms with Gasteiger partial charge in [0, 0.05) is 10.8 Å². The summed E-state index contributed by atoms with van der Waals surface area (Å²) in [6.45, 7) is 4.77. The molecule has 0 aromatic heterocycles. The summed E-state index contributed by atoms with van der Waals surface area (Å²) in [5.41, 5.74) is 10.8. The number of rotatable bonds is 30. The molecule has 16 rings (SSSR count). The van der Waals surface area contributed by atoms with Crippen molar-refractivity contribution in [1.82, 2.24) is 0 Å². The Balaban J connectivity index is 0.654. The van der Waals surface area contributed by atoms with Gasteiger partial charge in [-0.15, -0.1) is 0 Å². The summed E-state index contributed by atoms with van der Waals surface area (Å²) in [7, 11) is 0. The van der Waals surface area contributed by atoms with E-state index >= 15 is 0 Å². The van der Waals surface area contributed by atoms with Crippen molar-refractivity contribution in [3.05, 3.63) is 0 Å². The third kappa shape index (κ3) is 4.64. The lowest BCUT2D eigenvalue weighted by atomic mass is 9.53. The number of hydrogen-bond acceptors (Lipinski definition) is 1. The van der Waals surface area contributed by atoms with Gasteiger partial charge in [0.15, 0.2) is 0 Å². The molecule has 0 saturated heterocycles. The molecular formula is C64H98O. The molecule has 0 aliphatic heterocycles. The van der Waals surface area contributed by atoms with E-state index in [9.17, 15) is 0 Å². The Morgan fingerprint density at radius 2 is 0.431 bits per heavy atom. The molecule has 0 radical (unpaired) electrons. The van der Waals surface area contributed by atoms with E-state index in [-0.39, 0.29) is 0 Å². The van der Waals surface area contributed by atoms with Crippen molar-refractivity contribution >= 4 is 0 Å². The molecule has 1 nitrogen and oxygen atoms in total. The highest BCUT2D eigenvalue weighted by Gasteiger charge is 2.97. The van der Waals surface area contributed by atoms with Crippen LogP contribution in [0, 0.1) is 75.8 Å². The van der Waals surface area contributed by atoms with Gasteiger partial charge >= 0.3 is 0 Å². The van der Waals surface area contributed by atoms with Crippen LogP contribution in [-0.2, 0) is 4.74 Å². The fraction of sp³-hybridized carbons (Fsp3) is 1.00. The smallest absolute Gasteiger partial charge is 0.0753 e. The van der Waals surface area contributed by atoms with E-state index in [0.717, 1.165) is 54.1 Å². The Hall–Kier alpha value is -0.0400. The van der Waals surface area contributed by atoms with Crippen LogP contribution in [0.5, 0.6) is 0 Å². The van der Waals surface area contributed by atoms with Gasteiger partial charge in [0.2, 0.25) is 0 Å². The Labute approximate surface area is 399 Å². The molecule has 16 fully saturated rings. The van der Waals surface area contributed by atoms with Gasteiger partial charge in [-0.1, -0.05) is 90.9 Å². The second-order valence-electron chi connectivity index (χ2n) is 30.7. The zero-order chi connectivity index (χ0) is 43.2. The number of unbranched alkanes of at least 4 members (excludes halogenated alkanes) is 10. The number of ether oxygens (including phenoxy) is 1. The van der Waals surface area contributed by atoms with Gasteiger partial charge in [-0.25, -0.2) is 0 Å². The van der Waals surface area contributed by atoms with Crippen LogP contribution in [0.2, 0.25) is 0 Å². The molecule has 16 aliphatic rings. The van der Waals surface area contributed by atoms with E-state index in [1.807, 2.05) is 0 Å². The van der Waals surface area contributed by atoms with Gasteiger partial charge < -0.3 is 4.74 Å². The van der Waals surface area contributed by atoms with Crippen LogP contribution < -0.4 is 0 Å². The predicted molar refractivity (Wildman–Crippen MR) is 264 cm³/mol. The SMILES string of the molecule is CCCCCCCCC1(C2(C3(C4(C5(C6(C7(C8(OC9(C%10(C%11(C%12(C%13(C%14(C%15(C%16(CCCCCCCC)CC%16)CC%15)CC%14)CC%13)CC%12)CC%11)CC%10)CC9)CC8)CC7)CC6)CC5)CC4)CC3)CC2)CC1. The summed E-state index contributed by atoms with van der Waals surface area (Å²) in [4.78, 5) is 0. The summed E-state index contributed by atoms with van der Waals surface area (Å²) in [5, 5.41) is 0. The van der Waals surface area contributed by atoms with Gasteiger partial charge in [0.05, 0.1) is 11.2 Å². The van der Waals surface area contributed by atoms with E-state index in [2.05, 4.69) is 13.8 Å². The zero-order valence-corrected chi connectivity index (χ0v) is 42.9. The average Bonchev–Trinajstić information content (AvgIpc) is 4.11. The van der Waals surface area contributed by atoms with Crippen LogP contribution in [0.15, 0.2) is 0 Å². The molecule has 16 aliphatic carbocycles. The van der Waals surface area contributed by atoms with Crippen molar-refractivity contribution in [2.45, 2.75) is 320 Å². The maximum Gasteiger partial charge on any atom is 0.0753 e. The molecule has 16 saturated carbocycles. The summed E-state index contributed by atoms with van der Waals surface area (Å²) in [6, 6.07) is 0. The second-order valence-corrected chi connectivity index (χ2v) is 30.7. The molecule has 0 heterocycles. The minimum atomic E-state index is 0.291. The Morgan fingerprint density at radius 1 is 0.215 bits per heavy atom. The lowest BCUT2D eigenvalue weighted by Crippen LogP contribution is -2.52. The molecule has 0 aromatic carbocycles. The van der Waals surface area contributed by atoms with Crippen LogP contribution in [0.25, 0.3) is 0 Å². The van der Waals surface area contributed by atoms with Crippen molar-refractivity contribution in [2.24, 2.45) is 75.8 Å². The first-order valence-electron chi connectivity index (χ1n) is 31.3. The largest absolute Gasteiger partial charge is 0.367 e. The Morgan fingerprint density at radius 3 is 0.646 bits per heavy atom. The monoisotopic (exact) mass is 883 g/mol. The average molecular weight is 883 g/mol. The van der Waals surface area contributed by atoms with Gasteiger partial charge in [-0.3, -0.25) is 0 Å². The topological polar surface area (TPSA) is 9.23 Å². The molecule has 65 heavy (non-hydrogen) atoms. The fourth-order valence-electron chi connectivity index (χ4n) is 25.3. The van der Waals surface area contributed by atoms with E-state index in [4.69, 9.17) is 4.74 Å². The standard InChI is InChI=1S/C64H98O/c1-3-5-7-9-11-13-15-49(17-18-49)51(21-22-51)53(25-26-53)55(29-30-55)57(33-34-57)59(37-38-59)61(41-42-61)63(45-46-63)65-64(47-48-64)62(43-44-62)60(39-40-60)58(35-36-58)56(31-32-56)54(27-28-54)52(23-24-52)50(19-20-50)16-14-12-10-8-6-4-2/h3-48H2,1-2H3. The maximum atomic E-state index is 8.52. The van der Waals surface area contributed by atoms with E-state index < -0.39 is 0 Å². The minimum Gasteiger partial charge on any atom is -0.367 e. The molecule has 0 bridgehead atoms. The quantitative estimate of drug-likeness (QED) is 0.0653. The highest BCUT2D eigenvalue weighted by Crippen LogP contribution is 3.03. The van der Waals surface area contributed by atoms with Crippen LogP contribution in [-0.4, -0.2) is 11.2 Å². The van der Waals surface area contributed by atoms with Gasteiger partial charge in [0.1, 0.15) is 0 Å². The van der Waals surface area contributed by atoms with Crippen molar-refractivity contribution in [3.63, 3.8) is 0 Å². The molecule has 0 amide bonds. The minimum absolute atomic E-state index is 0.291. The van der Waals surface area contributed by atoms with Crippen LogP contribution in [0.3, 0.4) is 0 Å². The van der Waals surface area contributed by atoms with Crippen molar-refractivity contribution < 1.29 is 4.74 Å². The van der Waals surface area contributed by atoms with Crippen LogP contribution in [0.4, 0.5) is 0 Å². The fourth-order valence-corrected chi connectivity index (χ4v) is 25.3. The van der Waals surface area contributed by atoms with E-state index in [0.29, 0.717) is 32.9 Å². The van der Waals surface area contributed by atoms with Crippen LogP contribution in [0.1, 0.15) is 309 Å². The summed E-state index contributed by atoms with van der Waals surface area (Å²) in [6.07, 6.45) is 72.5. The first-order chi connectivity index (χ1) is 31.6. The molecule has 0 atom stereocenters. The molecule has 0 aromatic rings. The van der Waals surface area contributed by atoms with Gasteiger partial charge in [0.25, 0.3) is 0 Å². The van der Waals surface area contributed by atoms with Crippen molar-refractivity contribution in [1.29, 1.82) is 0 Å². The van der Waals surface area contributed by atoms with E-state index in [1.54, 1.807) is 205 Å². The zero-order valence-electron chi connectivity index (χ0n) is 42.9. The summed E-state index contributed by atoms with van der Waals surface area (Å²) >= 11 is 0. The second kappa shape index (κ2) is 12.4. The maximum absolute atomic E-state index is 8.52. The highest BCUT2D eigenvalue weighted by atomic mass is 16.5. The lowest BCUT2D eigenvalue weighted by Gasteiger charge is -2.53. The van der Waals surface area contributed by atoms with E-state index in [1.165, 1.54) is 89.9 Å². The van der Waals surface area contributed by atoms with Crippen molar-refractivity contribution in [3.8, 4) is 0 Å². The van der Waals surface area contributed by atoms with Gasteiger partial charge in [-0.2, -0.15) is 0 Å². The van der Waals surface area contributed by atoms with Gasteiger partial charge in [-0.05, 0) is 283 Å². The molecule has 0 unspecified atom stereocenters. The van der Waals surface area contributed by atoms with Crippen molar-refractivity contribution in [2.75, 3.05) is 0 Å². The molecule has 360 valence electrons. The first-order valence-corrected chi connectivity index (χ1v) is 31.3. The predicted octanol–water partition coefficient (Wildman–Crippen LogP) is 18.5. The molecular weight excluding hydrogens is 785 g/mol. The first kappa shape index (κ1) is 41.6. The molecule has 1 heteroatoms. The Kier molecular flexibility index (Phi) is 7.93. The summed E-state index contributed by atoms with van der Waals surface area (Å²) in [5.74, 6) is 0. The number of hydrogen-bond donors (Lipinski definition) is 0. The molecule has 0 spiro atoms. The Bertz CT molecular complexity index is 1820. The highest BCUT2D eigenvalue weighted by molar-refractivity contribution is 5.45. The summed E-state index contributed by atoms with van der Waals surface area (Å²) < 4.78 is 8.52. The third-order valence-electron chi connectivity index (χ3n) is 29.5. The normalized spacial score (nSPS) is 38.3. The third-order valence-corrected chi connectivity index (χ3v) is 29.5. The lowest BCUT2D eigenvalue weighted by molar-refractivity contribution is -0.173.